The Balaban J connectivity index is 3.02. The van der Waals surface area contributed by atoms with Gasteiger partial charge in [0.1, 0.15) is 12.3 Å². The van der Waals surface area contributed by atoms with Crippen LogP contribution in [0, 0.1) is 11.3 Å². The van der Waals surface area contributed by atoms with Crippen molar-refractivity contribution in [1.29, 1.82) is 5.26 Å². The molecule has 0 spiro atoms. The number of phenolic OH excluding ortho intramolecular Hbond substituents is 1. The molecule has 0 aliphatic heterocycles. The first-order valence-corrected chi connectivity index (χ1v) is 6.29. The molecule has 0 fully saturated rings. The number of urea groups is 1. The summed E-state index contributed by atoms with van der Waals surface area (Å²) in [5.41, 5.74) is 0.358. The fraction of sp³-hybridized carbons (Fsp3) is 0.357. The molecule has 1 unspecified atom stereocenters. The van der Waals surface area contributed by atoms with Crippen LogP contribution in [-0.4, -0.2) is 46.7 Å². The van der Waals surface area contributed by atoms with Gasteiger partial charge >= 0.3 is 12.0 Å². The number of carboxylic acids is 1. The van der Waals surface area contributed by atoms with Crippen LogP contribution in [0.15, 0.2) is 24.3 Å². The van der Waals surface area contributed by atoms with Crippen LogP contribution >= 0.6 is 0 Å². The van der Waals surface area contributed by atoms with Gasteiger partial charge in [0.05, 0.1) is 12.5 Å². The van der Waals surface area contributed by atoms with E-state index >= 15 is 0 Å². The minimum absolute atomic E-state index is 0.0210. The number of aliphatic carboxylic acids is 1. The summed E-state index contributed by atoms with van der Waals surface area (Å²) in [5.74, 6) is -1.13. The topological polar surface area (TPSA) is 105 Å². The zero-order chi connectivity index (χ0) is 16.0. The van der Waals surface area contributed by atoms with E-state index in [0.717, 1.165) is 4.90 Å². The molecule has 1 aromatic rings. The second-order valence-electron chi connectivity index (χ2n) is 4.60. The number of hydrogen-bond acceptors (Lipinski definition) is 4. The molecule has 0 aliphatic carbocycles. The van der Waals surface area contributed by atoms with Crippen LogP contribution in [-0.2, 0) is 4.79 Å². The number of amides is 2. The third-order valence-electron chi connectivity index (χ3n) is 3.04. The molecule has 2 N–H and O–H groups in total. The Morgan fingerprint density at radius 3 is 2.38 bits per heavy atom. The highest BCUT2D eigenvalue weighted by atomic mass is 16.4. The summed E-state index contributed by atoms with van der Waals surface area (Å²) in [7, 11) is 1.51. The number of aromatic hydroxyl groups is 1. The van der Waals surface area contributed by atoms with E-state index in [0.29, 0.717) is 5.69 Å². The summed E-state index contributed by atoms with van der Waals surface area (Å²) in [6, 6.07) is 6.77. The van der Waals surface area contributed by atoms with Crippen molar-refractivity contribution < 1.29 is 19.8 Å². The van der Waals surface area contributed by atoms with Crippen molar-refractivity contribution in [3.05, 3.63) is 24.3 Å². The molecule has 1 rings (SSSR count). The number of rotatable bonds is 5. The van der Waals surface area contributed by atoms with Gasteiger partial charge in [-0.2, -0.15) is 5.26 Å². The van der Waals surface area contributed by atoms with E-state index in [1.807, 2.05) is 6.07 Å². The monoisotopic (exact) mass is 291 g/mol. The van der Waals surface area contributed by atoms with E-state index in [2.05, 4.69) is 0 Å². The van der Waals surface area contributed by atoms with E-state index in [4.69, 9.17) is 10.4 Å². The van der Waals surface area contributed by atoms with E-state index in [-0.39, 0.29) is 18.2 Å². The van der Waals surface area contributed by atoms with Gasteiger partial charge < -0.3 is 15.1 Å². The number of carbonyl (C=O) groups excluding carboxylic acids is 1. The first-order chi connectivity index (χ1) is 9.86. The highest BCUT2D eigenvalue weighted by molar-refractivity contribution is 5.96. The third kappa shape index (κ3) is 4.38. The number of nitrogens with zero attached hydrogens (tertiary/aromatic N) is 3. The Bertz CT molecular complexity index is 550. The number of carboxylic acid groups (broad SMARTS) is 1. The van der Waals surface area contributed by atoms with Gasteiger partial charge in [0.15, 0.2) is 0 Å². The van der Waals surface area contributed by atoms with Crippen molar-refractivity contribution in [3.63, 3.8) is 0 Å². The highest BCUT2D eigenvalue weighted by Crippen LogP contribution is 2.20. The van der Waals surface area contributed by atoms with Gasteiger partial charge in [-0.1, -0.05) is 0 Å². The lowest BCUT2D eigenvalue weighted by Crippen LogP contribution is -2.47. The molecular weight excluding hydrogens is 274 g/mol. The van der Waals surface area contributed by atoms with Crippen molar-refractivity contribution in [2.75, 3.05) is 18.5 Å². The molecule has 0 heterocycles. The second kappa shape index (κ2) is 7.14. The molecule has 112 valence electrons. The summed E-state index contributed by atoms with van der Waals surface area (Å²) < 4.78 is 0. The molecule has 0 bridgehead atoms. The molecule has 21 heavy (non-hydrogen) atoms. The molecule has 2 amide bonds. The largest absolute Gasteiger partial charge is 0.508 e. The molecule has 0 saturated carbocycles. The van der Waals surface area contributed by atoms with Gasteiger partial charge in [-0.05, 0) is 31.2 Å². The van der Waals surface area contributed by atoms with Crippen molar-refractivity contribution in [2.45, 2.75) is 19.4 Å². The second-order valence-corrected chi connectivity index (χ2v) is 4.60. The van der Waals surface area contributed by atoms with Gasteiger partial charge in [0.25, 0.3) is 0 Å². The maximum absolute atomic E-state index is 12.4. The average Bonchev–Trinajstić information content (AvgIpc) is 2.44. The lowest BCUT2D eigenvalue weighted by molar-refractivity contribution is -0.135. The fourth-order valence-corrected chi connectivity index (χ4v) is 1.69. The van der Waals surface area contributed by atoms with E-state index in [1.54, 1.807) is 6.92 Å². The summed E-state index contributed by atoms with van der Waals surface area (Å²) in [6.07, 6.45) is 0.152. The molecule has 1 atom stereocenters. The smallest absolute Gasteiger partial charge is 0.325 e. The first kappa shape index (κ1) is 16.3. The molecule has 7 nitrogen and oxygen atoms in total. The normalized spacial score (nSPS) is 11.3. The zero-order valence-corrected chi connectivity index (χ0v) is 11.9. The predicted octanol–water partition coefficient (Wildman–Crippen LogP) is 1.64. The zero-order valence-electron chi connectivity index (χ0n) is 11.9. The fourth-order valence-electron chi connectivity index (χ4n) is 1.69. The number of anilines is 1. The SMILES string of the molecule is CC(CC#N)N(C)C(=O)N(CC(=O)O)c1ccc(O)cc1. The van der Waals surface area contributed by atoms with Gasteiger partial charge in [-0.25, -0.2) is 4.79 Å². The van der Waals surface area contributed by atoms with E-state index in [1.165, 1.54) is 36.2 Å². The predicted molar refractivity (Wildman–Crippen MR) is 75.9 cm³/mol. The Kier molecular flexibility index (Phi) is 5.55. The van der Waals surface area contributed by atoms with Crippen molar-refractivity contribution in [3.8, 4) is 11.8 Å². The maximum atomic E-state index is 12.4. The highest BCUT2D eigenvalue weighted by Gasteiger charge is 2.25. The molecule has 0 radical (unpaired) electrons. The first-order valence-electron chi connectivity index (χ1n) is 6.29. The Morgan fingerprint density at radius 2 is 1.90 bits per heavy atom. The van der Waals surface area contributed by atoms with Gasteiger partial charge in [-0.3, -0.25) is 9.69 Å². The number of benzene rings is 1. The third-order valence-corrected chi connectivity index (χ3v) is 3.04. The number of nitriles is 1. The Labute approximate surface area is 122 Å². The molecule has 0 aliphatic rings. The molecule has 0 aromatic heterocycles. The molecule has 1 aromatic carbocycles. The summed E-state index contributed by atoms with van der Waals surface area (Å²) >= 11 is 0. The molecule has 7 heteroatoms. The minimum atomic E-state index is -1.15. The van der Waals surface area contributed by atoms with Crippen LogP contribution in [0.3, 0.4) is 0 Å². The quantitative estimate of drug-likeness (QED) is 0.858. The number of phenols is 1. The van der Waals surface area contributed by atoms with E-state index < -0.39 is 18.5 Å². The van der Waals surface area contributed by atoms with Crippen LogP contribution < -0.4 is 4.90 Å². The molecular formula is C14H17N3O4. The maximum Gasteiger partial charge on any atom is 0.325 e. The standard InChI is InChI=1S/C14H17N3O4/c1-10(7-8-15)16(2)14(21)17(9-13(19)20)11-3-5-12(18)6-4-11/h3-6,10,18H,7,9H2,1-2H3,(H,19,20). The summed E-state index contributed by atoms with van der Waals surface area (Å²) in [6.45, 7) is 1.20. The van der Waals surface area contributed by atoms with Crippen LogP contribution in [0.1, 0.15) is 13.3 Å². The summed E-state index contributed by atoms with van der Waals surface area (Å²) in [4.78, 5) is 25.8. The Morgan fingerprint density at radius 1 is 1.33 bits per heavy atom. The lowest BCUT2D eigenvalue weighted by atomic mass is 10.2. The van der Waals surface area contributed by atoms with Crippen molar-refractivity contribution in [1.82, 2.24) is 4.90 Å². The number of carbonyl (C=O) groups is 2. The minimum Gasteiger partial charge on any atom is -0.508 e. The lowest BCUT2D eigenvalue weighted by Gasteiger charge is -2.30. The van der Waals surface area contributed by atoms with Crippen LogP contribution in [0.25, 0.3) is 0 Å². The summed E-state index contributed by atoms with van der Waals surface area (Å²) in [5, 5.41) is 26.9. The van der Waals surface area contributed by atoms with Gasteiger partial charge in [0.2, 0.25) is 0 Å². The Hall–Kier alpha value is -2.75. The van der Waals surface area contributed by atoms with Crippen LogP contribution in [0.4, 0.5) is 10.5 Å². The van der Waals surface area contributed by atoms with Gasteiger partial charge in [-0.15, -0.1) is 0 Å². The van der Waals surface area contributed by atoms with Crippen LogP contribution in [0.2, 0.25) is 0 Å². The van der Waals surface area contributed by atoms with Gasteiger partial charge in [0, 0.05) is 18.8 Å². The van der Waals surface area contributed by atoms with Crippen LogP contribution in [0.5, 0.6) is 5.75 Å². The average molecular weight is 291 g/mol. The molecule has 0 saturated heterocycles. The number of hydrogen-bond donors (Lipinski definition) is 2. The van der Waals surface area contributed by atoms with Crippen molar-refractivity contribution >= 4 is 17.7 Å². The van der Waals surface area contributed by atoms with Crippen molar-refractivity contribution in [2.24, 2.45) is 0 Å². The van der Waals surface area contributed by atoms with E-state index in [9.17, 15) is 14.7 Å².